The maximum Gasteiger partial charge on any atom is 0.326 e. The van der Waals surface area contributed by atoms with Gasteiger partial charge < -0.3 is 10.4 Å². The number of carbonyl (C=O) groups excluding carboxylic acids is 1. The fourth-order valence-corrected chi connectivity index (χ4v) is 2.35. The van der Waals surface area contributed by atoms with Gasteiger partial charge in [-0.25, -0.2) is 13.6 Å². The van der Waals surface area contributed by atoms with Gasteiger partial charge in [-0.05, 0) is 19.3 Å². The Balaban J connectivity index is 2.54. The summed E-state index contributed by atoms with van der Waals surface area (Å²) in [6.07, 6.45) is 1.88. The van der Waals surface area contributed by atoms with Crippen molar-refractivity contribution in [2.45, 2.75) is 63.8 Å². The Labute approximate surface area is 111 Å². The number of unbranched alkanes of at least 4 members (excludes halogenated alkanes) is 1. The molecule has 0 radical (unpaired) electrons. The summed E-state index contributed by atoms with van der Waals surface area (Å²) in [4.78, 5) is 22.8. The van der Waals surface area contributed by atoms with Crippen molar-refractivity contribution >= 4 is 11.9 Å². The van der Waals surface area contributed by atoms with Gasteiger partial charge in [0.05, 0.1) is 0 Å². The van der Waals surface area contributed by atoms with E-state index in [0.29, 0.717) is 25.7 Å². The number of carboxylic acids is 1. The van der Waals surface area contributed by atoms with Crippen LogP contribution in [0.1, 0.15) is 51.9 Å². The molecule has 110 valence electrons. The number of nitrogens with one attached hydrogen (secondary N) is 1. The molecule has 1 rings (SSSR count). The number of carboxylic acid groups (broad SMARTS) is 1. The monoisotopic (exact) mass is 277 g/mol. The largest absolute Gasteiger partial charge is 0.480 e. The van der Waals surface area contributed by atoms with Gasteiger partial charge in [-0.3, -0.25) is 4.79 Å². The molecule has 4 nitrogen and oxygen atoms in total. The first-order valence-electron chi connectivity index (χ1n) is 6.76. The molecule has 1 fully saturated rings. The first kappa shape index (κ1) is 15.9. The summed E-state index contributed by atoms with van der Waals surface area (Å²) in [7, 11) is 0. The normalized spacial score (nSPS) is 23.6. The van der Waals surface area contributed by atoms with Gasteiger partial charge in [-0.15, -0.1) is 0 Å². The van der Waals surface area contributed by atoms with Crippen LogP contribution < -0.4 is 5.32 Å². The minimum absolute atomic E-state index is 0.186. The topological polar surface area (TPSA) is 66.4 Å². The van der Waals surface area contributed by atoms with Crippen LogP contribution in [-0.2, 0) is 9.59 Å². The van der Waals surface area contributed by atoms with E-state index in [4.69, 9.17) is 5.11 Å². The van der Waals surface area contributed by atoms with Crippen LogP contribution in [0.25, 0.3) is 0 Å². The number of hydrogen-bond donors (Lipinski definition) is 2. The highest BCUT2D eigenvalue weighted by Crippen LogP contribution is 2.36. The lowest BCUT2D eigenvalue weighted by molar-refractivity contribution is -0.144. The first-order chi connectivity index (χ1) is 8.85. The molecule has 2 N–H and O–H groups in total. The van der Waals surface area contributed by atoms with Crippen molar-refractivity contribution in [3.8, 4) is 0 Å². The van der Waals surface area contributed by atoms with Gasteiger partial charge in [0.1, 0.15) is 6.04 Å². The van der Waals surface area contributed by atoms with Crippen LogP contribution in [0.5, 0.6) is 0 Å². The Kier molecular flexibility index (Phi) is 5.69. The van der Waals surface area contributed by atoms with Gasteiger partial charge in [0.25, 0.3) is 0 Å². The van der Waals surface area contributed by atoms with E-state index >= 15 is 0 Å². The van der Waals surface area contributed by atoms with E-state index in [9.17, 15) is 18.4 Å². The number of rotatable bonds is 6. The molecule has 2 atom stereocenters. The molecule has 0 aliphatic heterocycles. The standard InChI is InChI=1S/C13H21F2NO3/c1-2-3-6-10(12(18)19)16-11(17)9-5-4-7-13(14,15)8-9/h9-10H,2-8H2,1H3,(H,16,17)(H,18,19)/t9?,10-/m0/s1. The summed E-state index contributed by atoms with van der Waals surface area (Å²) in [6.45, 7) is 1.92. The van der Waals surface area contributed by atoms with Crippen LogP contribution in [0.3, 0.4) is 0 Å². The molecule has 0 spiro atoms. The lowest BCUT2D eigenvalue weighted by Gasteiger charge is -2.28. The number of aliphatic carboxylic acids is 1. The predicted octanol–water partition coefficient (Wildman–Crippen LogP) is 2.57. The molecule has 0 saturated heterocycles. The van der Waals surface area contributed by atoms with Crippen LogP contribution in [0, 0.1) is 5.92 Å². The second kappa shape index (κ2) is 6.82. The maximum absolute atomic E-state index is 13.2. The Morgan fingerprint density at radius 1 is 1.47 bits per heavy atom. The number of hydrogen-bond acceptors (Lipinski definition) is 2. The smallest absolute Gasteiger partial charge is 0.326 e. The Morgan fingerprint density at radius 3 is 2.68 bits per heavy atom. The summed E-state index contributed by atoms with van der Waals surface area (Å²) < 4.78 is 26.4. The van der Waals surface area contributed by atoms with Gasteiger partial charge in [0, 0.05) is 18.8 Å². The molecule has 0 aromatic rings. The first-order valence-corrected chi connectivity index (χ1v) is 6.76. The fraction of sp³-hybridized carbons (Fsp3) is 0.846. The van der Waals surface area contributed by atoms with E-state index in [2.05, 4.69) is 5.32 Å². The minimum atomic E-state index is -2.80. The second-order valence-electron chi connectivity index (χ2n) is 5.19. The summed E-state index contributed by atoms with van der Waals surface area (Å²) in [5.74, 6) is -5.23. The fourth-order valence-electron chi connectivity index (χ4n) is 2.35. The van der Waals surface area contributed by atoms with Gasteiger partial charge in [-0.2, -0.15) is 0 Å². The lowest BCUT2D eigenvalue weighted by atomic mass is 9.85. The third kappa shape index (κ3) is 5.12. The van der Waals surface area contributed by atoms with E-state index < -0.39 is 36.2 Å². The predicted molar refractivity (Wildman–Crippen MR) is 66.0 cm³/mol. The average Bonchev–Trinajstić information content (AvgIpc) is 2.32. The highest BCUT2D eigenvalue weighted by atomic mass is 19.3. The molecule has 0 bridgehead atoms. The third-order valence-electron chi connectivity index (χ3n) is 3.47. The molecule has 19 heavy (non-hydrogen) atoms. The van der Waals surface area contributed by atoms with E-state index in [-0.39, 0.29) is 6.42 Å². The van der Waals surface area contributed by atoms with E-state index in [1.807, 2.05) is 6.92 Å². The number of halogens is 2. The molecule has 1 aliphatic carbocycles. The maximum atomic E-state index is 13.2. The molecular formula is C13H21F2NO3. The van der Waals surface area contributed by atoms with Crippen molar-refractivity contribution in [1.82, 2.24) is 5.32 Å². The highest BCUT2D eigenvalue weighted by molar-refractivity contribution is 5.85. The van der Waals surface area contributed by atoms with Gasteiger partial charge in [-0.1, -0.05) is 19.8 Å². The van der Waals surface area contributed by atoms with Crippen molar-refractivity contribution in [2.24, 2.45) is 5.92 Å². The van der Waals surface area contributed by atoms with E-state index in [0.717, 1.165) is 6.42 Å². The molecular weight excluding hydrogens is 256 g/mol. The zero-order valence-corrected chi connectivity index (χ0v) is 11.1. The Morgan fingerprint density at radius 2 is 2.16 bits per heavy atom. The number of alkyl halides is 2. The van der Waals surface area contributed by atoms with Crippen molar-refractivity contribution in [3.63, 3.8) is 0 Å². The second-order valence-corrected chi connectivity index (χ2v) is 5.19. The number of amides is 1. The molecule has 1 unspecified atom stereocenters. The van der Waals surface area contributed by atoms with E-state index in [1.165, 1.54) is 0 Å². The lowest BCUT2D eigenvalue weighted by Crippen LogP contribution is -2.45. The van der Waals surface area contributed by atoms with Gasteiger partial charge >= 0.3 is 5.97 Å². The number of carbonyl (C=O) groups is 2. The molecule has 0 aromatic carbocycles. The molecule has 0 aromatic heterocycles. The van der Waals surface area contributed by atoms with Crippen LogP contribution in [0.4, 0.5) is 8.78 Å². The van der Waals surface area contributed by atoms with Gasteiger partial charge in [0.2, 0.25) is 11.8 Å². The zero-order valence-electron chi connectivity index (χ0n) is 11.1. The molecule has 0 heterocycles. The Bertz CT molecular complexity index is 334. The average molecular weight is 277 g/mol. The third-order valence-corrected chi connectivity index (χ3v) is 3.47. The summed E-state index contributed by atoms with van der Waals surface area (Å²) in [6, 6.07) is -0.969. The van der Waals surface area contributed by atoms with E-state index in [1.54, 1.807) is 0 Å². The minimum Gasteiger partial charge on any atom is -0.480 e. The summed E-state index contributed by atoms with van der Waals surface area (Å²) in [5.41, 5.74) is 0. The van der Waals surface area contributed by atoms with Crippen LogP contribution in [0.15, 0.2) is 0 Å². The van der Waals surface area contributed by atoms with Crippen LogP contribution >= 0.6 is 0 Å². The van der Waals surface area contributed by atoms with Crippen molar-refractivity contribution in [2.75, 3.05) is 0 Å². The van der Waals surface area contributed by atoms with Gasteiger partial charge in [0.15, 0.2) is 0 Å². The molecule has 6 heteroatoms. The summed E-state index contributed by atoms with van der Waals surface area (Å²) in [5, 5.41) is 11.4. The quantitative estimate of drug-likeness (QED) is 0.784. The zero-order chi connectivity index (χ0) is 14.5. The highest BCUT2D eigenvalue weighted by Gasteiger charge is 2.39. The molecule has 1 amide bonds. The van der Waals surface area contributed by atoms with Crippen molar-refractivity contribution in [3.05, 3.63) is 0 Å². The Hall–Kier alpha value is -1.20. The van der Waals surface area contributed by atoms with Crippen LogP contribution in [0.2, 0.25) is 0 Å². The molecule has 1 saturated carbocycles. The van der Waals surface area contributed by atoms with Crippen molar-refractivity contribution in [1.29, 1.82) is 0 Å². The van der Waals surface area contributed by atoms with Crippen LogP contribution in [-0.4, -0.2) is 28.9 Å². The van der Waals surface area contributed by atoms with Crippen molar-refractivity contribution < 1.29 is 23.5 Å². The summed E-state index contributed by atoms with van der Waals surface area (Å²) >= 11 is 0. The SMILES string of the molecule is CCCC[C@H](NC(=O)C1CCCC(F)(F)C1)C(=O)O. The molecule has 1 aliphatic rings.